The number of carbonyl (C=O) groups is 1. The van der Waals surface area contributed by atoms with Crippen molar-refractivity contribution < 1.29 is 14.3 Å². The summed E-state index contributed by atoms with van der Waals surface area (Å²) in [5.74, 6) is 0.444. The molecule has 0 heterocycles. The third-order valence-electron chi connectivity index (χ3n) is 2.22. The highest BCUT2D eigenvalue weighted by Crippen LogP contribution is 2.32. The number of methoxy groups -OCH3 is 2. The Hall–Kier alpha value is -0.550. The number of esters is 1. The molecule has 0 amide bonds. The summed E-state index contributed by atoms with van der Waals surface area (Å²) in [5, 5.41) is 0.682. The minimum Gasteiger partial charge on any atom is -0.496 e. The monoisotopic (exact) mass is 350 g/mol. The van der Waals surface area contributed by atoms with Crippen LogP contribution < -0.4 is 4.74 Å². The molecule has 0 aliphatic heterocycles. The van der Waals surface area contributed by atoms with E-state index in [1.807, 2.05) is 12.1 Å². The van der Waals surface area contributed by atoms with E-state index >= 15 is 0 Å². The Morgan fingerprint density at radius 2 is 2.06 bits per heavy atom. The zero-order valence-electron chi connectivity index (χ0n) is 9.05. The molecule has 0 saturated heterocycles. The highest BCUT2D eigenvalue weighted by atomic mass is 79.9. The average Bonchev–Trinajstić information content (AvgIpc) is 2.31. The van der Waals surface area contributed by atoms with Crippen LogP contribution in [0.15, 0.2) is 16.6 Å². The largest absolute Gasteiger partial charge is 0.496 e. The Morgan fingerprint density at radius 1 is 1.38 bits per heavy atom. The fraction of sp³-hybridized carbons (Fsp3) is 0.364. The second kappa shape index (κ2) is 6.25. The number of rotatable bonds is 4. The summed E-state index contributed by atoms with van der Waals surface area (Å²) >= 11 is 6.82. The van der Waals surface area contributed by atoms with Crippen LogP contribution in [0, 0.1) is 0 Å². The van der Waals surface area contributed by atoms with Gasteiger partial charge in [-0.15, -0.1) is 0 Å². The van der Waals surface area contributed by atoms with Gasteiger partial charge in [0, 0.05) is 5.33 Å². The molecular weight excluding hydrogens is 340 g/mol. The van der Waals surface area contributed by atoms with Gasteiger partial charge in [0.15, 0.2) is 0 Å². The fourth-order valence-electron chi connectivity index (χ4n) is 1.33. The Balaban J connectivity index is 3.15. The smallest absolute Gasteiger partial charge is 0.310 e. The van der Waals surface area contributed by atoms with Gasteiger partial charge in [-0.3, -0.25) is 4.79 Å². The van der Waals surface area contributed by atoms with Crippen molar-refractivity contribution in [1.29, 1.82) is 0 Å². The zero-order valence-corrected chi connectivity index (χ0v) is 12.2. The molecule has 16 heavy (non-hydrogen) atoms. The normalized spacial score (nSPS) is 10.0. The van der Waals surface area contributed by atoms with Crippen LogP contribution in [-0.4, -0.2) is 20.2 Å². The molecule has 0 unspecified atom stereocenters. The summed E-state index contributed by atoms with van der Waals surface area (Å²) in [6.45, 7) is 0. The molecule has 0 atom stereocenters. The van der Waals surface area contributed by atoms with Crippen molar-refractivity contribution in [2.45, 2.75) is 11.8 Å². The number of hydrogen-bond donors (Lipinski definition) is 0. The lowest BCUT2D eigenvalue weighted by Crippen LogP contribution is -2.07. The molecule has 0 fully saturated rings. The first-order valence-electron chi connectivity index (χ1n) is 4.61. The molecule has 88 valence electrons. The predicted octanol–water partition coefficient (Wildman–Crippen LogP) is 3.07. The van der Waals surface area contributed by atoms with Crippen LogP contribution in [0.25, 0.3) is 0 Å². The first-order chi connectivity index (χ1) is 7.63. The van der Waals surface area contributed by atoms with Gasteiger partial charge in [-0.25, -0.2) is 0 Å². The van der Waals surface area contributed by atoms with Crippen LogP contribution in [0.3, 0.4) is 0 Å². The van der Waals surface area contributed by atoms with Crippen molar-refractivity contribution in [2.75, 3.05) is 14.2 Å². The number of carbonyl (C=O) groups excluding carboxylic acids is 1. The van der Waals surface area contributed by atoms with Crippen molar-refractivity contribution in [1.82, 2.24) is 0 Å². The molecule has 0 aliphatic rings. The molecule has 0 spiro atoms. The van der Waals surface area contributed by atoms with Crippen LogP contribution in [-0.2, 0) is 21.3 Å². The molecule has 0 N–H and O–H groups in total. The molecule has 0 bridgehead atoms. The summed E-state index contributed by atoms with van der Waals surface area (Å²) in [4.78, 5) is 11.3. The summed E-state index contributed by atoms with van der Waals surface area (Å²) in [6.07, 6.45) is 0.231. The molecule has 5 heteroatoms. The molecule has 0 saturated carbocycles. The Labute approximate surface area is 111 Å². The van der Waals surface area contributed by atoms with Gasteiger partial charge in [-0.1, -0.05) is 22.0 Å². The van der Waals surface area contributed by atoms with E-state index in [0.717, 1.165) is 15.6 Å². The highest BCUT2D eigenvalue weighted by molar-refractivity contribution is 9.10. The lowest BCUT2D eigenvalue weighted by molar-refractivity contribution is -0.139. The number of alkyl halides is 1. The number of hydrogen-bond acceptors (Lipinski definition) is 3. The minimum atomic E-state index is -0.267. The van der Waals surface area contributed by atoms with Gasteiger partial charge >= 0.3 is 5.97 Å². The summed E-state index contributed by atoms with van der Waals surface area (Å²) in [7, 11) is 2.97. The molecule has 0 radical (unpaired) electrons. The molecule has 0 aliphatic carbocycles. The SMILES string of the molecule is COC(=O)Cc1c(CBr)ccc(OC)c1Br. The van der Waals surface area contributed by atoms with E-state index in [1.54, 1.807) is 7.11 Å². The highest BCUT2D eigenvalue weighted by Gasteiger charge is 2.14. The van der Waals surface area contributed by atoms with Gasteiger partial charge in [-0.05, 0) is 33.1 Å². The maximum Gasteiger partial charge on any atom is 0.310 e. The summed E-state index contributed by atoms with van der Waals surface area (Å²) in [5.41, 5.74) is 1.93. The fourth-order valence-corrected chi connectivity index (χ4v) is 2.54. The molecule has 1 rings (SSSR count). The van der Waals surface area contributed by atoms with E-state index in [1.165, 1.54) is 7.11 Å². The third kappa shape index (κ3) is 2.98. The summed E-state index contributed by atoms with van der Waals surface area (Å²) in [6, 6.07) is 3.79. The predicted molar refractivity (Wildman–Crippen MR) is 69.0 cm³/mol. The Bertz CT molecular complexity index is 391. The van der Waals surface area contributed by atoms with Crippen LogP contribution >= 0.6 is 31.9 Å². The van der Waals surface area contributed by atoms with E-state index in [0.29, 0.717) is 11.1 Å². The van der Waals surface area contributed by atoms with Crippen molar-refractivity contribution in [3.8, 4) is 5.75 Å². The lowest BCUT2D eigenvalue weighted by Gasteiger charge is -2.12. The van der Waals surface area contributed by atoms with Crippen LogP contribution in [0.2, 0.25) is 0 Å². The van der Waals surface area contributed by atoms with E-state index in [9.17, 15) is 4.79 Å². The van der Waals surface area contributed by atoms with E-state index < -0.39 is 0 Å². The van der Waals surface area contributed by atoms with Gasteiger partial charge in [0.25, 0.3) is 0 Å². The number of ether oxygens (including phenoxy) is 2. The molecule has 3 nitrogen and oxygen atoms in total. The standard InChI is InChI=1S/C11H12Br2O3/c1-15-9-4-3-7(6-12)8(11(9)13)5-10(14)16-2/h3-4H,5-6H2,1-2H3. The van der Waals surface area contributed by atoms with Crippen LogP contribution in [0.1, 0.15) is 11.1 Å². The molecule has 0 aromatic heterocycles. The van der Waals surface area contributed by atoms with Crippen molar-refractivity contribution >= 4 is 37.8 Å². The second-order valence-electron chi connectivity index (χ2n) is 3.11. The van der Waals surface area contributed by atoms with Crippen molar-refractivity contribution in [2.24, 2.45) is 0 Å². The summed E-state index contributed by atoms with van der Waals surface area (Å²) < 4.78 is 10.7. The lowest BCUT2D eigenvalue weighted by atomic mass is 10.1. The Kier molecular flexibility index (Phi) is 5.28. The van der Waals surface area contributed by atoms with Crippen LogP contribution in [0.4, 0.5) is 0 Å². The number of benzene rings is 1. The van der Waals surface area contributed by atoms with Crippen LogP contribution in [0.5, 0.6) is 5.75 Å². The molecule has 1 aromatic carbocycles. The van der Waals surface area contributed by atoms with Gasteiger partial charge in [0.2, 0.25) is 0 Å². The van der Waals surface area contributed by atoms with E-state index in [4.69, 9.17) is 4.74 Å². The molecular formula is C11H12Br2O3. The molecule has 1 aromatic rings. The quantitative estimate of drug-likeness (QED) is 0.617. The minimum absolute atomic E-state index is 0.231. The first kappa shape index (κ1) is 13.5. The second-order valence-corrected chi connectivity index (χ2v) is 4.46. The average molecular weight is 352 g/mol. The third-order valence-corrected chi connectivity index (χ3v) is 3.69. The van der Waals surface area contributed by atoms with E-state index in [-0.39, 0.29) is 12.4 Å². The van der Waals surface area contributed by atoms with Gasteiger partial charge in [-0.2, -0.15) is 0 Å². The van der Waals surface area contributed by atoms with Crippen molar-refractivity contribution in [3.05, 3.63) is 27.7 Å². The van der Waals surface area contributed by atoms with E-state index in [2.05, 4.69) is 36.6 Å². The van der Waals surface area contributed by atoms with Gasteiger partial charge < -0.3 is 9.47 Å². The van der Waals surface area contributed by atoms with Gasteiger partial charge in [0.05, 0.1) is 25.1 Å². The number of halogens is 2. The first-order valence-corrected chi connectivity index (χ1v) is 6.52. The van der Waals surface area contributed by atoms with Gasteiger partial charge in [0.1, 0.15) is 5.75 Å². The maximum absolute atomic E-state index is 11.3. The zero-order chi connectivity index (χ0) is 12.1. The maximum atomic E-state index is 11.3. The topological polar surface area (TPSA) is 35.5 Å². The van der Waals surface area contributed by atoms with Crippen molar-refractivity contribution in [3.63, 3.8) is 0 Å². The Morgan fingerprint density at radius 3 is 2.56 bits per heavy atom.